The van der Waals surface area contributed by atoms with Crippen LogP contribution in [-0.4, -0.2) is 18.2 Å². The number of quaternary nitrogens is 1. The molecule has 0 aliphatic heterocycles. The van der Waals surface area contributed by atoms with Gasteiger partial charge in [0.1, 0.15) is 12.3 Å². The Balaban J connectivity index is 2.41. The molecule has 0 saturated heterocycles. The molecule has 8 heteroatoms. The number of rotatable bonds is 5. The highest BCUT2D eigenvalue weighted by Crippen LogP contribution is 2.40. The molecule has 1 aromatic heterocycles. The van der Waals surface area contributed by atoms with Crippen molar-refractivity contribution in [1.82, 2.24) is 0 Å². The van der Waals surface area contributed by atoms with Crippen molar-refractivity contribution < 1.29 is 27.6 Å². The average Bonchev–Trinajstić information content (AvgIpc) is 2.67. The minimum atomic E-state index is -4.92. The van der Waals surface area contributed by atoms with E-state index in [1.165, 1.54) is 30.3 Å². The van der Waals surface area contributed by atoms with E-state index in [1.54, 1.807) is 6.07 Å². The zero-order valence-electron chi connectivity index (χ0n) is 15.9. The van der Waals surface area contributed by atoms with Gasteiger partial charge in [-0.15, -0.1) is 0 Å². The average molecular weight is 427 g/mol. The predicted octanol–water partition coefficient (Wildman–Crippen LogP) is 4.26. The van der Waals surface area contributed by atoms with Gasteiger partial charge in [-0.05, 0) is 32.0 Å². The topological polar surface area (TPSA) is 54.9 Å². The molecule has 0 aliphatic rings. The molecule has 0 fully saturated rings. The van der Waals surface area contributed by atoms with E-state index in [0.717, 1.165) is 4.90 Å². The van der Waals surface area contributed by atoms with Gasteiger partial charge in [0.25, 0.3) is 0 Å². The van der Waals surface area contributed by atoms with Crippen LogP contribution in [0, 0.1) is 0 Å². The summed E-state index contributed by atoms with van der Waals surface area (Å²) in [7, 11) is 0. The zero-order chi connectivity index (χ0) is 21.3. The fourth-order valence-corrected chi connectivity index (χ4v) is 3.56. The van der Waals surface area contributed by atoms with Gasteiger partial charge in [-0.2, -0.15) is 13.2 Å². The van der Waals surface area contributed by atoms with Crippen molar-refractivity contribution in [3.05, 3.63) is 63.0 Å². The van der Waals surface area contributed by atoms with Crippen LogP contribution in [0.15, 0.2) is 45.6 Å². The maximum Gasteiger partial charge on any atom is 0.450 e. The highest BCUT2D eigenvalue weighted by atomic mass is 35.5. The summed E-state index contributed by atoms with van der Waals surface area (Å²) in [5.74, 6) is -1.64. The van der Waals surface area contributed by atoms with Crippen molar-refractivity contribution in [2.75, 3.05) is 13.1 Å². The van der Waals surface area contributed by atoms with Gasteiger partial charge in [0, 0.05) is 10.6 Å². The van der Waals surface area contributed by atoms with E-state index >= 15 is 0 Å². The first kappa shape index (κ1) is 21.2. The third-order valence-corrected chi connectivity index (χ3v) is 5.30. The lowest BCUT2D eigenvalue weighted by atomic mass is 10.00. The Kier molecular flexibility index (Phi) is 5.91. The lowest BCUT2D eigenvalue weighted by Gasteiger charge is -2.18. The van der Waals surface area contributed by atoms with Crippen LogP contribution in [0.2, 0.25) is 5.02 Å². The van der Waals surface area contributed by atoms with Crippen molar-refractivity contribution in [3.63, 3.8) is 0 Å². The maximum atomic E-state index is 13.9. The van der Waals surface area contributed by atoms with Crippen LogP contribution in [-0.2, 0) is 12.7 Å². The van der Waals surface area contributed by atoms with Gasteiger partial charge in [-0.3, -0.25) is 4.79 Å². The van der Waals surface area contributed by atoms with E-state index in [9.17, 15) is 23.1 Å². The number of phenols is 1. The molecule has 29 heavy (non-hydrogen) atoms. The lowest BCUT2D eigenvalue weighted by molar-refractivity contribution is -0.910. The van der Waals surface area contributed by atoms with Crippen molar-refractivity contribution in [1.29, 1.82) is 0 Å². The molecule has 0 radical (unpaired) electrons. The number of nitrogens with one attached hydrogen (secondary N) is 1. The molecule has 0 saturated carbocycles. The first-order chi connectivity index (χ1) is 13.7. The maximum absolute atomic E-state index is 13.9. The number of hydrogen-bond acceptors (Lipinski definition) is 3. The van der Waals surface area contributed by atoms with Crippen LogP contribution in [0.3, 0.4) is 0 Å². The second-order valence-corrected chi connectivity index (χ2v) is 7.09. The third kappa shape index (κ3) is 3.97. The highest BCUT2D eigenvalue weighted by Gasteiger charge is 2.40. The first-order valence-corrected chi connectivity index (χ1v) is 9.54. The summed E-state index contributed by atoms with van der Waals surface area (Å²) in [5, 5.41) is 10.3. The van der Waals surface area contributed by atoms with Gasteiger partial charge in [0.2, 0.25) is 11.2 Å². The number of phenolic OH excluding ortho intramolecular Hbond substituents is 1. The third-order valence-electron chi connectivity index (χ3n) is 4.97. The Morgan fingerprint density at radius 3 is 2.34 bits per heavy atom. The normalized spacial score (nSPS) is 12.1. The second-order valence-electron chi connectivity index (χ2n) is 6.69. The quantitative estimate of drug-likeness (QED) is 0.641. The summed E-state index contributed by atoms with van der Waals surface area (Å²) in [6, 6.07) is 8.39. The molecule has 1 heterocycles. The minimum absolute atomic E-state index is 0.0104. The predicted molar refractivity (Wildman–Crippen MR) is 105 cm³/mol. The summed E-state index contributed by atoms with van der Waals surface area (Å²) >= 11 is 6.08. The minimum Gasteiger partial charge on any atom is -0.507 e. The van der Waals surface area contributed by atoms with Crippen molar-refractivity contribution in [2.45, 2.75) is 26.6 Å². The van der Waals surface area contributed by atoms with Gasteiger partial charge in [0.15, 0.2) is 5.58 Å². The molecule has 0 unspecified atom stereocenters. The van der Waals surface area contributed by atoms with E-state index in [0.29, 0.717) is 13.1 Å². The summed E-state index contributed by atoms with van der Waals surface area (Å²) in [6.07, 6.45) is -4.92. The molecule has 3 rings (SSSR count). The van der Waals surface area contributed by atoms with Crippen LogP contribution >= 0.6 is 11.6 Å². The molecule has 2 N–H and O–H groups in total. The fourth-order valence-electron chi connectivity index (χ4n) is 3.33. The van der Waals surface area contributed by atoms with E-state index in [2.05, 4.69) is 0 Å². The second kappa shape index (κ2) is 8.08. The molecule has 0 spiro atoms. The Morgan fingerprint density at radius 1 is 1.10 bits per heavy atom. The number of fused-ring (bicyclic) bond motifs is 1. The molecule has 0 amide bonds. The SMILES string of the molecule is CC[NH+](CC)Cc1c(O)ccc2c(=O)c(-c3ccccc3Cl)c(C(F)(F)F)oc12. The Labute approximate surface area is 170 Å². The molecular formula is C21H20ClF3NO3+. The standard InChI is InChI=1S/C21H19ClF3NO3/c1-3-26(4-2)11-14-16(27)10-9-13-18(28)17(12-7-5-6-8-15(12)22)20(21(23,24)25)29-19(13)14/h5-10,27H,3-4,11H2,1-2H3/p+1. The molecule has 0 atom stereocenters. The molecule has 0 aliphatic carbocycles. The summed E-state index contributed by atoms with van der Waals surface area (Å²) in [4.78, 5) is 14.1. The number of alkyl halides is 3. The highest BCUT2D eigenvalue weighted by molar-refractivity contribution is 6.33. The van der Waals surface area contributed by atoms with E-state index in [-0.39, 0.29) is 39.4 Å². The Bertz CT molecular complexity index is 1100. The largest absolute Gasteiger partial charge is 0.507 e. The van der Waals surface area contributed by atoms with E-state index < -0.39 is 22.9 Å². The van der Waals surface area contributed by atoms with Crippen LogP contribution in [0.25, 0.3) is 22.1 Å². The number of halogens is 4. The summed E-state index contributed by atoms with van der Waals surface area (Å²) in [5.41, 5.74) is -1.61. The smallest absolute Gasteiger partial charge is 0.450 e. The lowest BCUT2D eigenvalue weighted by Crippen LogP contribution is -3.10. The molecule has 2 aromatic carbocycles. The number of benzene rings is 2. The molecular weight excluding hydrogens is 407 g/mol. The van der Waals surface area contributed by atoms with Crippen molar-refractivity contribution in [2.24, 2.45) is 0 Å². The van der Waals surface area contributed by atoms with Crippen molar-refractivity contribution in [3.8, 4) is 16.9 Å². The van der Waals surface area contributed by atoms with Crippen molar-refractivity contribution >= 4 is 22.6 Å². The van der Waals surface area contributed by atoms with Gasteiger partial charge in [-0.1, -0.05) is 29.8 Å². The van der Waals surface area contributed by atoms with Crippen LogP contribution in [0.1, 0.15) is 25.2 Å². The van der Waals surface area contributed by atoms with E-state index in [4.69, 9.17) is 16.0 Å². The van der Waals surface area contributed by atoms with Gasteiger partial charge in [0.05, 0.1) is 29.6 Å². The van der Waals surface area contributed by atoms with E-state index in [1.807, 2.05) is 13.8 Å². The molecule has 154 valence electrons. The summed E-state index contributed by atoms with van der Waals surface area (Å²) in [6.45, 7) is 5.46. The molecule has 4 nitrogen and oxygen atoms in total. The van der Waals surface area contributed by atoms with Crippen LogP contribution in [0.4, 0.5) is 13.2 Å². The van der Waals surface area contributed by atoms with Gasteiger partial charge < -0.3 is 14.4 Å². The summed E-state index contributed by atoms with van der Waals surface area (Å²) < 4.78 is 46.9. The Hall–Kier alpha value is -2.51. The van der Waals surface area contributed by atoms with Gasteiger partial charge in [-0.25, -0.2) is 0 Å². The molecule has 0 bridgehead atoms. The number of aromatic hydroxyl groups is 1. The first-order valence-electron chi connectivity index (χ1n) is 9.16. The Morgan fingerprint density at radius 2 is 1.76 bits per heavy atom. The zero-order valence-corrected chi connectivity index (χ0v) is 16.6. The fraction of sp³-hybridized carbons (Fsp3) is 0.286. The molecule has 3 aromatic rings. The monoisotopic (exact) mass is 426 g/mol. The van der Waals surface area contributed by atoms with Crippen LogP contribution < -0.4 is 10.3 Å². The number of hydrogen-bond donors (Lipinski definition) is 2. The van der Waals surface area contributed by atoms with Crippen LogP contribution in [0.5, 0.6) is 5.75 Å². The van der Waals surface area contributed by atoms with Gasteiger partial charge >= 0.3 is 6.18 Å².